The molecule has 0 aliphatic carbocycles. The van der Waals surface area contributed by atoms with Gasteiger partial charge >= 0.3 is 11.9 Å². The number of aliphatic carboxylic acids is 1. The third kappa shape index (κ3) is 7.43. The number of rotatable bonds is 9. The topological polar surface area (TPSA) is 113 Å². The Hall–Kier alpha value is -2.12. The molecule has 1 aliphatic rings. The van der Waals surface area contributed by atoms with Gasteiger partial charge in [-0.05, 0) is 18.8 Å². The van der Waals surface area contributed by atoms with Crippen molar-refractivity contribution in [3.05, 3.63) is 0 Å². The molecule has 1 fully saturated rings. The monoisotopic (exact) mass is 342 g/mol. The minimum Gasteiger partial charge on any atom is -0.481 e. The van der Waals surface area contributed by atoms with E-state index in [0.717, 1.165) is 12.8 Å². The minimum absolute atomic E-state index is 0.144. The van der Waals surface area contributed by atoms with Gasteiger partial charge in [-0.15, -0.1) is 0 Å². The summed E-state index contributed by atoms with van der Waals surface area (Å²) in [6, 6.07) is -0.928. The molecule has 1 atom stereocenters. The molecular weight excluding hydrogens is 316 g/mol. The van der Waals surface area contributed by atoms with Gasteiger partial charge in [-0.25, -0.2) is 0 Å². The van der Waals surface area contributed by atoms with Crippen molar-refractivity contribution in [3.63, 3.8) is 0 Å². The highest BCUT2D eigenvalue weighted by atomic mass is 16.5. The average Bonchev–Trinajstić information content (AvgIpc) is 3.02. The molecule has 0 radical (unpaired) electrons. The molecular formula is C16H26N2O6. The molecule has 0 saturated carbocycles. The van der Waals surface area contributed by atoms with Gasteiger partial charge in [0.25, 0.3) is 0 Å². The molecule has 2 N–H and O–H groups in total. The van der Waals surface area contributed by atoms with Crippen molar-refractivity contribution in [1.29, 1.82) is 0 Å². The number of ether oxygens (including phenoxy) is 1. The average molecular weight is 342 g/mol. The minimum atomic E-state index is -1.10. The molecule has 8 heteroatoms. The second kappa shape index (κ2) is 9.89. The van der Waals surface area contributed by atoms with Gasteiger partial charge < -0.3 is 20.1 Å². The molecule has 1 unspecified atom stereocenters. The molecule has 2 amide bonds. The lowest BCUT2D eigenvalue weighted by Crippen LogP contribution is -2.50. The number of esters is 1. The Balaban J connectivity index is 2.59. The van der Waals surface area contributed by atoms with Gasteiger partial charge in [0, 0.05) is 19.5 Å². The Labute approximate surface area is 141 Å². The molecule has 0 aromatic carbocycles. The fraction of sp³-hybridized carbons (Fsp3) is 0.750. The Morgan fingerprint density at radius 1 is 1.12 bits per heavy atom. The first kappa shape index (κ1) is 19.9. The van der Waals surface area contributed by atoms with E-state index in [1.54, 1.807) is 4.90 Å². The predicted octanol–water partition coefficient (Wildman–Crippen LogP) is 0.548. The first-order chi connectivity index (χ1) is 11.3. The quantitative estimate of drug-likeness (QED) is 0.592. The second-order valence-electron chi connectivity index (χ2n) is 6.33. The molecule has 1 aliphatic heterocycles. The molecule has 136 valence electrons. The van der Waals surface area contributed by atoms with Crippen LogP contribution in [-0.2, 0) is 23.9 Å². The third-order valence-corrected chi connectivity index (χ3v) is 3.60. The lowest BCUT2D eigenvalue weighted by atomic mass is 10.1. The van der Waals surface area contributed by atoms with E-state index in [4.69, 9.17) is 9.84 Å². The van der Waals surface area contributed by atoms with Crippen molar-refractivity contribution in [2.24, 2.45) is 5.92 Å². The summed E-state index contributed by atoms with van der Waals surface area (Å²) in [5, 5.41) is 11.2. The number of hydrogen-bond acceptors (Lipinski definition) is 5. The Bertz CT molecular complexity index is 471. The van der Waals surface area contributed by atoms with Crippen molar-refractivity contribution in [3.8, 4) is 0 Å². The van der Waals surface area contributed by atoms with E-state index in [-0.39, 0.29) is 43.6 Å². The number of carbonyl (C=O) groups excluding carboxylic acids is 3. The molecule has 0 aromatic heterocycles. The molecule has 24 heavy (non-hydrogen) atoms. The highest BCUT2D eigenvalue weighted by Crippen LogP contribution is 2.10. The van der Waals surface area contributed by atoms with Crippen molar-refractivity contribution in [2.45, 2.75) is 52.0 Å². The summed E-state index contributed by atoms with van der Waals surface area (Å²) in [5.74, 6) is -2.19. The van der Waals surface area contributed by atoms with E-state index in [1.165, 1.54) is 0 Å². The number of carboxylic acid groups (broad SMARTS) is 1. The summed E-state index contributed by atoms with van der Waals surface area (Å²) in [6.45, 7) is 4.76. The smallest absolute Gasteiger partial charge is 0.306 e. The normalized spacial score (nSPS) is 15.2. The van der Waals surface area contributed by atoms with E-state index in [1.807, 2.05) is 13.8 Å². The summed E-state index contributed by atoms with van der Waals surface area (Å²) >= 11 is 0. The van der Waals surface area contributed by atoms with E-state index in [0.29, 0.717) is 13.1 Å². The van der Waals surface area contributed by atoms with Crippen LogP contribution >= 0.6 is 0 Å². The van der Waals surface area contributed by atoms with E-state index in [2.05, 4.69) is 5.32 Å². The van der Waals surface area contributed by atoms with Gasteiger partial charge in [-0.3, -0.25) is 19.2 Å². The van der Waals surface area contributed by atoms with Crippen molar-refractivity contribution >= 4 is 23.8 Å². The Morgan fingerprint density at radius 3 is 2.29 bits per heavy atom. The third-order valence-electron chi connectivity index (χ3n) is 3.60. The van der Waals surface area contributed by atoms with Gasteiger partial charge in [0.1, 0.15) is 12.6 Å². The van der Waals surface area contributed by atoms with Crippen LogP contribution < -0.4 is 5.32 Å². The number of nitrogens with one attached hydrogen (secondary N) is 1. The van der Waals surface area contributed by atoms with Gasteiger partial charge in [0.05, 0.1) is 12.8 Å². The maximum absolute atomic E-state index is 12.5. The van der Waals surface area contributed by atoms with Crippen LogP contribution in [0.5, 0.6) is 0 Å². The van der Waals surface area contributed by atoms with Gasteiger partial charge in [-0.1, -0.05) is 13.8 Å². The first-order valence-corrected chi connectivity index (χ1v) is 8.25. The number of carboxylic acids is 1. The Kier molecular flexibility index (Phi) is 8.21. The molecule has 1 heterocycles. The summed E-state index contributed by atoms with van der Waals surface area (Å²) in [6.07, 6.45) is 1.51. The van der Waals surface area contributed by atoms with Crippen LogP contribution in [0, 0.1) is 5.92 Å². The number of nitrogens with zero attached hydrogens (tertiary/aromatic N) is 1. The maximum atomic E-state index is 12.5. The van der Waals surface area contributed by atoms with E-state index < -0.39 is 18.0 Å². The van der Waals surface area contributed by atoms with Crippen LogP contribution in [0.1, 0.15) is 46.0 Å². The summed E-state index contributed by atoms with van der Waals surface area (Å²) in [5.41, 5.74) is 0. The highest BCUT2D eigenvalue weighted by molar-refractivity contribution is 5.88. The highest BCUT2D eigenvalue weighted by Gasteiger charge is 2.29. The van der Waals surface area contributed by atoms with Crippen LogP contribution in [0.15, 0.2) is 0 Å². The number of likely N-dealkylation sites (tertiary alicyclic amines) is 1. The van der Waals surface area contributed by atoms with Crippen molar-refractivity contribution in [1.82, 2.24) is 10.2 Å². The number of amides is 2. The van der Waals surface area contributed by atoms with Crippen LogP contribution in [0.2, 0.25) is 0 Å². The van der Waals surface area contributed by atoms with Gasteiger partial charge in [0.15, 0.2) is 0 Å². The zero-order chi connectivity index (χ0) is 18.1. The predicted molar refractivity (Wildman–Crippen MR) is 85.0 cm³/mol. The maximum Gasteiger partial charge on any atom is 0.306 e. The van der Waals surface area contributed by atoms with Gasteiger partial charge in [-0.2, -0.15) is 0 Å². The van der Waals surface area contributed by atoms with Crippen molar-refractivity contribution in [2.75, 3.05) is 19.7 Å². The molecule has 0 bridgehead atoms. The molecule has 0 spiro atoms. The van der Waals surface area contributed by atoms with E-state index in [9.17, 15) is 19.2 Å². The van der Waals surface area contributed by atoms with Crippen LogP contribution in [0.3, 0.4) is 0 Å². The van der Waals surface area contributed by atoms with Crippen LogP contribution in [0.25, 0.3) is 0 Å². The summed E-state index contributed by atoms with van der Waals surface area (Å²) in [7, 11) is 0. The fourth-order valence-electron chi connectivity index (χ4n) is 2.41. The molecule has 1 rings (SSSR count). The fourth-order valence-corrected chi connectivity index (χ4v) is 2.41. The van der Waals surface area contributed by atoms with Gasteiger partial charge in [0.2, 0.25) is 11.8 Å². The lowest BCUT2D eigenvalue weighted by molar-refractivity contribution is -0.150. The summed E-state index contributed by atoms with van der Waals surface area (Å²) < 4.78 is 4.98. The zero-order valence-corrected chi connectivity index (χ0v) is 14.2. The number of carbonyl (C=O) groups is 4. The van der Waals surface area contributed by atoms with Crippen LogP contribution in [0.4, 0.5) is 0 Å². The van der Waals surface area contributed by atoms with E-state index >= 15 is 0 Å². The second-order valence-corrected chi connectivity index (χ2v) is 6.33. The summed E-state index contributed by atoms with van der Waals surface area (Å²) in [4.78, 5) is 48.0. The lowest BCUT2D eigenvalue weighted by Gasteiger charge is -2.24. The standard InChI is InChI=1S/C16H26N2O6/c1-11(2)9-13(19)17-12(16(23)18-7-3-4-8-18)10-24-15(22)6-5-14(20)21/h11-12H,3-10H2,1-2H3,(H,17,19)(H,20,21). The van der Waals surface area contributed by atoms with Crippen LogP contribution in [-0.4, -0.2) is 59.5 Å². The zero-order valence-electron chi connectivity index (χ0n) is 14.2. The van der Waals surface area contributed by atoms with Crippen molar-refractivity contribution < 1.29 is 29.0 Å². The SMILES string of the molecule is CC(C)CC(=O)NC(COC(=O)CCC(=O)O)C(=O)N1CCCC1. The Morgan fingerprint density at radius 2 is 1.75 bits per heavy atom. The molecule has 1 saturated heterocycles. The first-order valence-electron chi connectivity index (χ1n) is 8.25. The largest absolute Gasteiger partial charge is 0.481 e. The molecule has 0 aromatic rings. The molecule has 8 nitrogen and oxygen atoms in total. The number of hydrogen-bond donors (Lipinski definition) is 2.